The lowest BCUT2D eigenvalue weighted by atomic mass is 10.0. The first-order chi connectivity index (χ1) is 9.65. The zero-order chi connectivity index (χ0) is 14.5. The molecule has 0 spiro atoms. The van der Waals surface area contributed by atoms with Crippen molar-refractivity contribution < 1.29 is 4.74 Å². The van der Waals surface area contributed by atoms with Gasteiger partial charge in [0.1, 0.15) is 17.5 Å². The fourth-order valence-corrected chi connectivity index (χ4v) is 2.56. The second-order valence-electron chi connectivity index (χ2n) is 5.52. The molecule has 1 aliphatic heterocycles. The van der Waals surface area contributed by atoms with Gasteiger partial charge in [0.25, 0.3) is 0 Å². The highest BCUT2D eigenvalue weighted by molar-refractivity contribution is 5.57. The summed E-state index contributed by atoms with van der Waals surface area (Å²) < 4.78 is 5.47. The van der Waals surface area contributed by atoms with Crippen molar-refractivity contribution in [2.24, 2.45) is 5.92 Å². The predicted octanol–water partition coefficient (Wildman–Crippen LogP) is 2.62. The minimum Gasteiger partial charge on any atom is -0.381 e. The summed E-state index contributed by atoms with van der Waals surface area (Å²) in [6.45, 7) is 8.14. The minimum absolute atomic E-state index is 0.366. The molecule has 0 aliphatic carbocycles. The van der Waals surface area contributed by atoms with Gasteiger partial charge in [-0.1, -0.05) is 6.92 Å². The summed E-state index contributed by atoms with van der Waals surface area (Å²) in [5, 5.41) is 6.72. The molecule has 2 unspecified atom stereocenters. The number of hydrogen-bond donors (Lipinski definition) is 2. The van der Waals surface area contributed by atoms with E-state index in [9.17, 15) is 0 Å². The van der Waals surface area contributed by atoms with E-state index in [1.807, 2.05) is 7.05 Å². The fraction of sp³-hybridized carbons (Fsp3) is 0.733. The zero-order valence-corrected chi connectivity index (χ0v) is 13.0. The Morgan fingerprint density at radius 2 is 2.10 bits per heavy atom. The van der Waals surface area contributed by atoms with Gasteiger partial charge >= 0.3 is 0 Å². The van der Waals surface area contributed by atoms with Crippen LogP contribution in [0.4, 0.5) is 11.6 Å². The summed E-state index contributed by atoms with van der Waals surface area (Å²) in [7, 11) is 1.91. The number of rotatable bonds is 6. The summed E-state index contributed by atoms with van der Waals surface area (Å²) in [6.07, 6.45) is 3.08. The summed E-state index contributed by atoms with van der Waals surface area (Å²) >= 11 is 0. The van der Waals surface area contributed by atoms with Crippen LogP contribution in [0.1, 0.15) is 38.1 Å². The lowest BCUT2D eigenvalue weighted by molar-refractivity contribution is 0.183. The number of aromatic nitrogens is 2. The molecule has 5 heteroatoms. The van der Waals surface area contributed by atoms with Crippen molar-refractivity contribution >= 4 is 11.6 Å². The van der Waals surface area contributed by atoms with Crippen LogP contribution in [0.2, 0.25) is 0 Å². The lowest BCUT2D eigenvalue weighted by Gasteiger charge is -2.22. The first kappa shape index (κ1) is 15.0. The van der Waals surface area contributed by atoms with Gasteiger partial charge in [-0.05, 0) is 26.7 Å². The fourth-order valence-electron chi connectivity index (χ4n) is 2.56. The number of nitrogens with one attached hydrogen (secondary N) is 2. The van der Waals surface area contributed by atoms with E-state index in [0.717, 1.165) is 55.5 Å². The normalized spacial score (nSPS) is 19.9. The summed E-state index contributed by atoms with van der Waals surface area (Å²) in [5.41, 5.74) is 1.08. The van der Waals surface area contributed by atoms with Gasteiger partial charge in [0.05, 0.1) is 6.61 Å². The van der Waals surface area contributed by atoms with Crippen molar-refractivity contribution in [2.45, 2.75) is 46.1 Å². The minimum atomic E-state index is 0.366. The molecular formula is C15H26N4O. The third-order valence-electron chi connectivity index (χ3n) is 3.94. The SMILES string of the molecule is CCCc1nc(NC)c(C)c(NC(C)C2CCOC2)n1. The Morgan fingerprint density at radius 1 is 1.35 bits per heavy atom. The van der Waals surface area contributed by atoms with Gasteiger partial charge in [-0.25, -0.2) is 9.97 Å². The van der Waals surface area contributed by atoms with Crippen molar-refractivity contribution in [1.29, 1.82) is 0 Å². The predicted molar refractivity (Wildman–Crippen MR) is 82.3 cm³/mol. The molecule has 2 rings (SSSR count). The number of ether oxygens (including phenoxy) is 1. The van der Waals surface area contributed by atoms with Gasteiger partial charge in [-0.15, -0.1) is 0 Å². The van der Waals surface area contributed by atoms with Gasteiger partial charge in [0.2, 0.25) is 0 Å². The van der Waals surface area contributed by atoms with Gasteiger partial charge in [-0.2, -0.15) is 0 Å². The third-order valence-corrected chi connectivity index (χ3v) is 3.94. The first-order valence-corrected chi connectivity index (χ1v) is 7.55. The van der Waals surface area contributed by atoms with E-state index < -0.39 is 0 Å². The molecule has 2 N–H and O–H groups in total. The van der Waals surface area contributed by atoms with Crippen LogP contribution < -0.4 is 10.6 Å². The number of hydrogen-bond acceptors (Lipinski definition) is 5. The van der Waals surface area contributed by atoms with Gasteiger partial charge in [0, 0.05) is 37.6 Å². The van der Waals surface area contributed by atoms with Crippen LogP contribution in [0.3, 0.4) is 0 Å². The van der Waals surface area contributed by atoms with Gasteiger partial charge in [-0.3, -0.25) is 0 Å². The molecule has 1 aromatic heterocycles. The highest BCUT2D eigenvalue weighted by Gasteiger charge is 2.23. The molecular weight excluding hydrogens is 252 g/mol. The van der Waals surface area contributed by atoms with E-state index in [4.69, 9.17) is 4.74 Å². The number of anilines is 2. The van der Waals surface area contributed by atoms with E-state index in [0.29, 0.717) is 12.0 Å². The summed E-state index contributed by atoms with van der Waals surface area (Å²) in [5.74, 6) is 3.34. The van der Waals surface area contributed by atoms with Crippen LogP contribution in [0, 0.1) is 12.8 Å². The molecule has 1 aromatic rings. The number of aryl methyl sites for hydroxylation is 1. The Labute approximate surface area is 121 Å². The average Bonchev–Trinajstić information content (AvgIpc) is 2.96. The van der Waals surface area contributed by atoms with Gasteiger partial charge in [0.15, 0.2) is 0 Å². The second kappa shape index (κ2) is 6.88. The van der Waals surface area contributed by atoms with Crippen molar-refractivity contribution in [2.75, 3.05) is 30.9 Å². The molecule has 0 bridgehead atoms. The Morgan fingerprint density at radius 3 is 2.70 bits per heavy atom. The quantitative estimate of drug-likeness (QED) is 0.837. The average molecular weight is 278 g/mol. The van der Waals surface area contributed by atoms with Crippen LogP contribution in [-0.4, -0.2) is 36.3 Å². The van der Waals surface area contributed by atoms with E-state index in [-0.39, 0.29) is 0 Å². The Balaban J connectivity index is 2.17. The Kier molecular flexibility index (Phi) is 5.17. The topological polar surface area (TPSA) is 59.1 Å². The first-order valence-electron chi connectivity index (χ1n) is 7.55. The van der Waals surface area contributed by atoms with E-state index >= 15 is 0 Å². The summed E-state index contributed by atoms with van der Waals surface area (Å²) in [6, 6.07) is 0.366. The molecule has 1 fully saturated rings. The zero-order valence-electron chi connectivity index (χ0n) is 13.0. The van der Waals surface area contributed by atoms with Crippen molar-refractivity contribution in [3.8, 4) is 0 Å². The lowest BCUT2D eigenvalue weighted by Crippen LogP contribution is -2.27. The summed E-state index contributed by atoms with van der Waals surface area (Å²) in [4.78, 5) is 9.24. The molecule has 112 valence electrons. The van der Waals surface area contributed by atoms with Crippen LogP contribution in [0.5, 0.6) is 0 Å². The van der Waals surface area contributed by atoms with Crippen molar-refractivity contribution in [3.63, 3.8) is 0 Å². The molecule has 2 atom stereocenters. The largest absolute Gasteiger partial charge is 0.381 e. The van der Waals surface area contributed by atoms with Gasteiger partial charge < -0.3 is 15.4 Å². The van der Waals surface area contributed by atoms with Crippen molar-refractivity contribution in [3.05, 3.63) is 11.4 Å². The Bertz CT molecular complexity index is 444. The standard InChI is InChI=1S/C15H26N4O/c1-5-6-13-18-14(16-4)10(2)15(19-13)17-11(3)12-7-8-20-9-12/h11-12H,5-9H2,1-4H3,(H2,16,17,18,19). The molecule has 0 radical (unpaired) electrons. The molecule has 0 aromatic carbocycles. The molecule has 2 heterocycles. The molecule has 0 saturated carbocycles. The van der Waals surface area contributed by atoms with Crippen LogP contribution in [0.25, 0.3) is 0 Å². The molecule has 1 saturated heterocycles. The van der Waals surface area contributed by atoms with E-state index in [1.54, 1.807) is 0 Å². The second-order valence-corrected chi connectivity index (χ2v) is 5.52. The van der Waals surface area contributed by atoms with E-state index in [1.165, 1.54) is 0 Å². The molecule has 1 aliphatic rings. The molecule has 20 heavy (non-hydrogen) atoms. The van der Waals surface area contributed by atoms with E-state index in [2.05, 4.69) is 41.4 Å². The monoisotopic (exact) mass is 278 g/mol. The highest BCUT2D eigenvalue weighted by atomic mass is 16.5. The van der Waals surface area contributed by atoms with Crippen LogP contribution >= 0.6 is 0 Å². The Hall–Kier alpha value is -1.36. The highest BCUT2D eigenvalue weighted by Crippen LogP contribution is 2.24. The van der Waals surface area contributed by atoms with Crippen LogP contribution in [-0.2, 0) is 11.2 Å². The molecule has 0 amide bonds. The number of nitrogens with zero attached hydrogens (tertiary/aromatic N) is 2. The maximum absolute atomic E-state index is 5.47. The van der Waals surface area contributed by atoms with Crippen molar-refractivity contribution in [1.82, 2.24) is 9.97 Å². The maximum Gasteiger partial charge on any atom is 0.134 e. The maximum atomic E-state index is 5.47. The molecule has 5 nitrogen and oxygen atoms in total. The van der Waals surface area contributed by atoms with Crippen LogP contribution in [0.15, 0.2) is 0 Å². The smallest absolute Gasteiger partial charge is 0.134 e. The third kappa shape index (κ3) is 3.39.